The maximum atomic E-state index is 12.0. The minimum absolute atomic E-state index is 0.119. The van der Waals surface area contributed by atoms with Crippen molar-refractivity contribution in [1.29, 1.82) is 0 Å². The SMILES string of the molecule is CC(C)(C)OC(=O)c1[c]c(OC(F)(F)F)ccc1. The molecule has 0 bridgehead atoms. The van der Waals surface area contributed by atoms with Gasteiger partial charge in [0.1, 0.15) is 11.4 Å². The number of halogens is 3. The Kier molecular flexibility index (Phi) is 3.88. The zero-order chi connectivity index (χ0) is 14.0. The number of esters is 1. The molecule has 0 aliphatic carbocycles. The van der Waals surface area contributed by atoms with E-state index >= 15 is 0 Å². The first kappa shape index (κ1) is 14.3. The summed E-state index contributed by atoms with van der Waals surface area (Å²) < 4.78 is 44.6. The summed E-state index contributed by atoms with van der Waals surface area (Å²) in [6.07, 6.45) is -4.82. The lowest BCUT2D eigenvalue weighted by molar-refractivity contribution is -0.274. The molecule has 3 nitrogen and oxygen atoms in total. The van der Waals surface area contributed by atoms with Crippen LogP contribution in [0, 0.1) is 6.07 Å². The molecule has 1 aromatic carbocycles. The molecule has 0 aliphatic rings. The summed E-state index contributed by atoms with van der Waals surface area (Å²) in [4.78, 5) is 11.6. The summed E-state index contributed by atoms with van der Waals surface area (Å²) >= 11 is 0. The topological polar surface area (TPSA) is 35.5 Å². The van der Waals surface area contributed by atoms with E-state index in [1.807, 2.05) is 0 Å². The predicted molar refractivity (Wildman–Crippen MR) is 57.1 cm³/mol. The number of carbonyl (C=O) groups excluding carboxylic acids is 1. The molecule has 0 N–H and O–H groups in total. The predicted octanol–water partition coefficient (Wildman–Crippen LogP) is 3.34. The molecule has 0 unspecified atom stereocenters. The van der Waals surface area contributed by atoms with Gasteiger partial charge in [0, 0.05) is 6.07 Å². The van der Waals surface area contributed by atoms with E-state index in [0.717, 1.165) is 6.07 Å². The summed E-state index contributed by atoms with van der Waals surface area (Å²) in [7, 11) is 0. The van der Waals surface area contributed by atoms with Crippen molar-refractivity contribution in [2.75, 3.05) is 0 Å². The third kappa shape index (κ3) is 5.07. The van der Waals surface area contributed by atoms with E-state index < -0.39 is 23.7 Å². The number of rotatable bonds is 2. The molecule has 0 amide bonds. The molecule has 1 aromatic rings. The van der Waals surface area contributed by atoms with E-state index in [4.69, 9.17) is 4.74 Å². The second-order valence-corrected chi connectivity index (χ2v) is 4.48. The van der Waals surface area contributed by atoms with Crippen LogP contribution in [0.4, 0.5) is 13.2 Å². The molecule has 0 saturated heterocycles. The fraction of sp³-hybridized carbons (Fsp3) is 0.417. The van der Waals surface area contributed by atoms with E-state index in [-0.39, 0.29) is 5.56 Å². The van der Waals surface area contributed by atoms with Crippen LogP contribution in [0.1, 0.15) is 31.1 Å². The van der Waals surface area contributed by atoms with Crippen LogP contribution in [-0.2, 0) is 4.74 Å². The zero-order valence-electron chi connectivity index (χ0n) is 10.1. The van der Waals surface area contributed by atoms with Crippen molar-refractivity contribution in [1.82, 2.24) is 0 Å². The third-order valence-electron chi connectivity index (χ3n) is 1.61. The van der Waals surface area contributed by atoms with Gasteiger partial charge in [-0.05, 0) is 32.9 Å². The van der Waals surface area contributed by atoms with Gasteiger partial charge < -0.3 is 9.47 Å². The highest BCUT2D eigenvalue weighted by Gasteiger charge is 2.31. The molecule has 99 valence electrons. The smallest absolute Gasteiger partial charge is 0.456 e. The maximum Gasteiger partial charge on any atom is 0.573 e. The number of benzene rings is 1. The minimum atomic E-state index is -4.82. The lowest BCUT2D eigenvalue weighted by atomic mass is 10.1. The van der Waals surface area contributed by atoms with Crippen LogP contribution in [0.2, 0.25) is 0 Å². The fourth-order valence-electron chi connectivity index (χ4n) is 1.08. The van der Waals surface area contributed by atoms with Gasteiger partial charge in [0.15, 0.2) is 0 Å². The van der Waals surface area contributed by atoms with E-state index in [1.54, 1.807) is 20.8 Å². The van der Waals surface area contributed by atoms with Crippen LogP contribution in [0.25, 0.3) is 0 Å². The van der Waals surface area contributed by atoms with Crippen molar-refractivity contribution in [3.63, 3.8) is 0 Å². The van der Waals surface area contributed by atoms with Crippen LogP contribution in [0.3, 0.4) is 0 Å². The van der Waals surface area contributed by atoms with Gasteiger partial charge in [-0.25, -0.2) is 4.79 Å². The minimum Gasteiger partial charge on any atom is -0.456 e. The van der Waals surface area contributed by atoms with Crippen molar-refractivity contribution in [2.24, 2.45) is 0 Å². The van der Waals surface area contributed by atoms with Gasteiger partial charge in [0.05, 0.1) is 5.56 Å². The number of ether oxygens (including phenoxy) is 2. The molecule has 0 saturated carbocycles. The second kappa shape index (κ2) is 4.88. The molecule has 18 heavy (non-hydrogen) atoms. The van der Waals surface area contributed by atoms with Crippen LogP contribution in [0.15, 0.2) is 18.2 Å². The Morgan fingerprint density at radius 2 is 1.83 bits per heavy atom. The van der Waals surface area contributed by atoms with E-state index in [1.165, 1.54) is 12.1 Å². The van der Waals surface area contributed by atoms with Gasteiger partial charge in [-0.2, -0.15) is 0 Å². The van der Waals surface area contributed by atoms with Crippen LogP contribution in [-0.4, -0.2) is 17.9 Å². The highest BCUT2D eigenvalue weighted by molar-refractivity contribution is 5.89. The number of alkyl halides is 3. The molecular formula is C12H12F3O3. The molecule has 0 fully saturated rings. The van der Waals surface area contributed by atoms with Gasteiger partial charge in [-0.3, -0.25) is 0 Å². The molecule has 0 atom stereocenters. The highest BCUT2D eigenvalue weighted by Crippen LogP contribution is 2.23. The van der Waals surface area contributed by atoms with Crippen LogP contribution < -0.4 is 4.74 Å². The Morgan fingerprint density at radius 1 is 1.22 bits per heavy atom. The molecule has 1 radical (unpaired) electrons. The normalized spacial score (nSPS) is 12.1. The lowest BCUT2D eigenvalue weighted by Gasteiger charge is -2.19. The average Bonchev–Trinajstić information content (AvgIpc) is 2.12. The van der Waals surface area contributed by atoms with Gasteiger partial charge in [0.2, 0.25) is 0 Å². The Hall–Kier alpha value is -1.72. The zero-order valence-corrected chi connectivity index (χ0v) is 10.1. The van der Waals surface area contributed by atoms with E-state index in [0.29, 0.717) is 0 Å². The summed E-state index contributed by atoms with van der Waals surface area (Å²) in [6, 6.07) is 5.83. The monoisotopic (exact) mass is 261 g/mol. The number of carbonyl (C=O) groups is 1. The summed E-state index contributed by atoms with van der Waals surface area (Å²) in [6.45, 7) is 4.96. The van der Waals surface area contributed by atoms with Crippen LogP contribution in [0.5, 0.6) is 5.75 Å². The molecular weight excluding hydrogens is 249 g/mol. The quantitative estimate of drug-likeness (QED) is 0.766. The van der Waals surface area contributed by atoms with Crippen molar-refractivity contribution >= 4 is 5.97 Å². The number of hydrogen-bond donors (Lipinski definition) is 0. The Morgan fingerprint density at radius 3 is 2.33 bits per heavy atom. The molecule has 6 heteroatoms. The number of hydrogen-bond acceptors (Lipinski definition) is 3. The standard InChI is InChI=1S/C12H12F3O3/c1-11(2,3)18-10(16)8-5-4-6-9(7-8)17-12(13,14)15/h4-6H,1-3H3. The van der Waals surface area contributed by atoms with Crippen molar-refractivity contribution in [3.05, 3.63) is 29.8 Å². The first-order valence-corrected chi connectivity index (χ1v) is 5.08. The van der Waals surface area contributed by atoms with Crippen molar-refractivity contribution in [2.45, 2.75) is 32.7 Å². The Labute approximate surface area is 103 Å². The van der Waals surface area contributed by atoms with Gasteiger partial charge in [-0.15, -0.1) is 13.2 Å². The average molecular weight is 261 g/mol. The van der Waals surface area contributed by atoms with E-state index in [9.17, 15) is 18.0 Å². The van der Waals surface area contributed by atoms with Crippen molar-refractivity contribution < 1.29 is 27.4 Å². The maximum absolute atomic E-state index is 12.0. The molecule has 0 aromatic heterocycles. The largest absolute Gasteiger partial charge is 0.573 e. The molecule has 0 spiro atoms. The Bertz CT molecular complexity index is 433. The van der Waals surface area contributed by atoms with E-state index in [2.05, 4.69) is 10.8 Å². The second-order valence-electron chi connectivity index (χ2n) is 4.48. The summed E-state index contributed by atoms with van der Waals surface area (Å²) in [5, 5.41) is 0. The van der Waals surface area contributed by atoms with Gasteiger partial charge in [0.25, 0.3) is 0 Å². The third-order valence-corrected chi connectivity index (χ3v) is 1.61. The highest BCUT2D eigenvalue weighted by atomic mass is 19.4. The van der Waals surface area contributed by atoms with Gasteiger partial charge >= 0.3 is 12.3 Å². The summed E-state index contributed by atoms with van der Waals surface area (Å²) in [5.74, 6) is -1.33. The lowest BCUT2D eigenvalue weighted by Crippen LogP contribution is -2.24. The summed E-state index contributed by atoms with van der Waals surface area (Å²) in [5.41, 5.74) is -0.849. The molecule has 0 aliphatic heterocycles. The fourth-order valence-corrected chi connectivity index (χ4v) is 1.08. The van der Waals surface area contributed by atoms with Crippen molar-refractivity contribution in [3.8, 4) is 5.75 Å². The first-order chi connectivity index (χ1) is 8.07. The molecule has 1 rings (SSSR count). The Balaban J connectivity index is 2.85. The van der Waals surface area contributed by atoms with Crippen LogP contribution >= 0.6 is 0 Å². The first-order valence-electron chi connectivity index (χ1n) is 5.08. The van der Waals surface area contributed by atoms with Gasteiger partial charge in [-0.1, -0.05) is 6.07 Å². The molecule has 0 heterocycles.